The third kappa shape index (κ3) is 3.35. The van der Waals surface area contributed by atoms with Crippen LogP contribution in [0.25, 0.3) is 0 Å². The number of ether oxygens (including phenoxy) is 1. The monoisotopic (exact) mass is 321 g/mol. The fourth-order valence-electron chi connectivity index (χ4n) is 2.13. The van der Waals surface area contributed by atoms with E-state index in [1.54, 1.807) is 0 Å². The van der Waals surface area contributed by atoms with Gasteiger partial charge < -0.3 is 15.6 Å². The number of para-hydroxylation sites is 1. The molecule has 96 valence electrons. The summed E-state index contributed by atoms with van der Waals surface area (Å²) in [6, 6.07) is 5.50. The first-order chi connectivity index (χ1) is 7.70. The minimum Gasteiger partial charge on any atom is -0.506 e. The lowest BCUT2D eigenvalue weighted by Gasteiger charge is -2.28. The number of halogens is 2. The van der Waals surface area contributed by atoms with Gasteiger partial charge in [-0.2, -0.15) is 0 Å². The van der Waals surface area contributed by atoms with Crippen LogP contribution in [0.4, 0.5) is 0 Å². The van der Waals surface area contributed by atoms with Crippen LogP contribution in [0, 0.1) is 5.92 Å². The van der Waals surface area contributed by atoms with E-state index in [9.17, 15) is 5.11 Å². The van der Waals surface area contributed by atoms with Crippen molar-refractivity contribution >= 4 is 28.3 Å². The normalized spacial score (nSPS) is 18.5. The molecule has 5 heteroatoms. The van der Waals surface area contributed by atoms with Crippen LogP contribution in [0.15, 0.2) is 22.7 Å². The van der Waals surface area contributed by atoms with Crippen LogP contribution < -0.4 is 5.73 Å². The van der Waals surface area contributed by atoms with Crippen molar-refractivity contribution < 1.29 is 9.84 Å². The maximum absolute atomic E-state index is 9.94. The van der Waals surface area contributed by atoms with Gasteiger partial charge in [-0.3, -0.25) is 0 Å². The number of aromatic hydroxyl groups is 1. The molecule has 0 radical (unpaired) electrons. The van der Waals surface area contributed by atoms with Gasteiger partial charge in [0, 0.05) is 24.8 Å². The van der Waals surface area contributed by atoms with E-state index in [2.05, 4.69) is 15.9 Å². The number of rotatable bonds is 2. The number of hydrogen-bond donors (Lipinski definition) is 2. The van der Waals surface area contributed by atoms with E-state index in [-0.39, 0.29) is 24.2 Å². The summed E-state index contributed by atoms with van der Waals surface area (Å²) in [4.78, 5) is 0. The van der Waals surface area contributed by atoms with E-state index in [4.69, 9.17) is 10.5 Å². The summed E-state index contributed by atoms with van der Waals surface area (Å²) in [6.07, 6.45) is 1.93. The quantitative estimate of drug-likeness (QED) is 0.880. The second-order valence-corrected chi connectivity index (χ2v) is 5.01. The number of hydrogen-bond acceptors (Lipinski definition) is 3. The molecule has 0 spiro atoms. The number of nitrogens with two attached hydrogens (primary N) is 1. The summed E-state index contributed by atoms with van der Waals surface area (Å²) >= 11 is 3.31. The Labute approximate surface area is 116 Å². The van der Waals surface area contributed by atoms with E-state index in [1.807, 2.05) is 18.2 Å². The van der Waals surface area contributed by atoms with Crippen molar-refractivity contribution in [2.75, 3.05) is 13.2 Å². The highest BCUT2D eigenvalue weighted by atomic mass is 79.9. The van der Waals surface area contributed by atoms with E-state index in [0.717, 1.165) is 31.6 Å². The Morgan fingerprint density at radius 1 is 1.35 bits per heavy atom. The molecule has 1 heterocycles. The Morgan fingerprint density at radius 2 is 2.00 bits per heavy atom. The lowest BCUT2D eigenvalue weighted by Crippen LogP contribution is -2.27. The van der Waals surface area contributed by atoms with Crippen LogP contribution >= 0.6 is 28.3 Å². The average molecular weight is 323 g/mol. The van der Waals surface area contributed by atoms with E-state index >= 15 is 0 Å². The minimum atomic E-state index is -0.110. The third-order valence-electron chi connectivity index (χ3n) is 3.15. The molecule has 0 unspecified atom stereocenters. The van der Waals surface area contributed by atoms with Crippen molar-refractivity contribution in [3.8, 4) is 5.75 Å². The van der Waals surface area contributed by atoms with Crippen molar-refractivity contribution in [3.63, 3.8) is 0 Å². The molecule has 0 saturated carbocycles. The smallest absolute Gasteiger partial charge is 0.134 e. The standard InChI is InChI=1S/C12H16BrNO2.ClH/c13-10-3-1-2-9(12(10)15)11(14)8-4-6-16-7-5-8;/h1-3,8,11,15H,4-7,14H2;1H/t11-;/m0./s1. The Bertz CT molecular complexity index is 370. The zero-order chi connectivity index (χ0) is 11.5. The highest BCUT2D eigenvalue weighted by Gasteiger charge is 2.24. The molecule has 3 nitrogen and oxygen atoms in total. The fourth-order valence-corrected chi connectivity index (χ4v) is 2.51. The van der Waals surface area contributed by atoms with Gasteiger partial charge in [-0.15, -0.1) is 12.4 Å². The van der Waals surface area contributed by atoms with Gasteiger partial charge in [0.25, 0.3) is 0 Å². The lowest BCUT2D eigenvalue weighted by molar-refractivity contribution is 0.0581. The van der Waals surface area contributed by atoms with Gasteiger partial charge in [-0.25, -0.2) is 0 Å². The van der Waals surface area contributed by atoms with Gasteiger partial charge in [-0.05, 0) is 40.8 Å². The Balaban J connectivity index is 0.00000144. The van der Waals surface area contributed by atoms with E-state index < -0.39 is 0 Å². The topological polar surface area (TPSA) is 55.5 Å². The lowest BCUT2D eigenvalue weighted by atomic mass is 9.87. The molecule has 0 aliphatic carbocycles. The second kappa shape index (κ2) is 6.59. The zero-order valence-electron chi connectivity index (χ0n) is 9.43. The van der Waals surface area contributed by atoms with Crippen molar-refractivity contribution in [2.24, 2.45) is 11.7 Å². The Morgan fingerprint density at radius 3 is 2.65 bits per heavy atom. The first kappa shape index (κ1) is 14.8. The van der Waals surface area contributed by atoms with Gasteiger partial charge in [-0.1, -0.05) is 12.1 Å². The third-order valence-corrected chi connectivity index (χ3v) is 3.79. The molecular formula is C12H17BrClNO2. The number of phenolic OH excluding ortho intramolecular Hbond substituents is 1. The van der Waals surface area contributed by atoms with Crippen LogP contribution in [0.1, 0.15) is 24.4 Å². The second-order valence-electron chi connectivity index (χ2n) is 4.15. The highest BCUT2D eigenvalue weighted by molar-refractivity contribution is 9.10. The van der Waals surface area contributed by atoms with Gasteiger partial charge >= 0.3 is 0 Å². The molecule has 1 atom stereocenters. The summed E-state index contributed by atoms with van der Waals surface area (Å²) in [5, 5.41) is 9.94. The molecule has 2 rings (SSSR count). The first-order valence-electron chi connectivity index (χ1n) is 5.51. The molecule has 1 aromatic rings. The van der Waals surface area contributed by atoms with Crippen LogP contribution in [0.5, 0.6) is 5.75 Å². The number of benzene rings is 1. The van der Waals surface area contributed by atoms with E-state index in [1.165, 1.54) is 0 Å². The molecule has 3 N–H and O–H groups in total. The predicted octanol–water partition coefficient (Wildman–Crippen LogP) is 3.00. The summed E-state index contributed by atoms with van der Waals surface area (Å²) in [6.45, 7) is 1.54. The summed E-state index contributed by atoms with van der Waals surface area (Å²) < 4.78 is 6.01. The van der Waals surface area contributed by atoms with Crippen LogP contribution in [0.2, 0.25) is 0 Å². The molecule has 0 amide bonds. The van der Waals surface area contributed by atoms with Crippen LogP contribution in [-0.2, 0) is 4.74 Å². The average Bonchev–Trinajstić information content (AvgIpc) is 2.33. The SMILES string of the molecule is Cl.N[C@H](c1cccc(Br)c1O)C1CCOCC1. The molecule has 17 heavy (non-hydrogen) atoms. The van der Waals surface area contributed by atoms with Gasteiger partial charge in [0.2, 0.25) is 0 Å². The molecule has 1 aliphatic rings. The summed E-state index contributed by atoms with van der Waals surface area (Å²) in [7, 11) is 0. The maximum atomic E-state index is 9.94. The zero-order valence-corrected chi connectivity index (χ0v) is 11.8. The highest BCUT2D eigenvalue weighted by Crippen LogP contribution is 2.36. The molecule has 1 fully saturated rings. The molecule has 1 aliphatic heterocycles. The maximum Gasteiger partial charge on any atom is 0.134 e. The Kier molecular flexibility index (Phi) is 5.73. The molecule has 1 saturated heterocycles. The minimum absolute atomic E-state index is 0. The van der Waals surface area contributed by atoms with Gasteiger partial charge in [0.1, 0.15) is 5.75 Å². The van der Waals surface area contributed by atoms with Crippen molar-refractivity contribution in [2.45, 2.75) is 18.9 Å². The fraction of sp³-hybridized carbons (Fsp3) is 0.500. The number of phenols is 1. The van der Waals surface area contributed by atoms with Crippen molar-refractivity contribution in [3.05, 3.63) is 28.2 Å². The van der Waals surface area contributed by atoms with Crippen molar-refractivity contribution in [1.82, 2.24) is 0 Å². The van der Waals surface area contributed by atoms with Crippen molar-refractivity contribution in [1.29, 1.82) is 0 Å². The van der Waals surface area contributed by atoms with E-state index in [0.29, 0.717) is 10.4 Å². The largest absolute Gasteiger partial charge is 0.506 e. The van der Waals surface area contributed by atoms with Gasteiger partial charge in [0.05, 0.1) is 4.47 Å². The molecule has 0 bridgehead atoms. The Hall–Kier alpha value is -0.290. The molecule has 0 aromatic heterocycles. The van der Waals surface area contributed by atoms with Gasteiger partial charge in [0.15, 0.2) is 0 Å². The molecular weight excluding hydrogens is 305 g/mol. The first-order valence-corrected chi connectivity index (χ1v) is 6.30. The van der Waals surface area contributed by atoms with Crippen LogP contribution in [0.3, 0.4) is 0 Å². The summed E-state index contributed by atoms with van der Waals surface area (Å²) in [5.41, 5.74) is 7.02. The predicted molar refractivity (Wildman–Crippen MR) is 73.5 cm³/mol. The van der Waals surface area contributed by atoms with Crippen LogP contribution in [-0.4, -0.2) is 18.3 Å². The molecule has 1 aromatic carbocycles. The summed E-state index contributed by atoms with van der Waals surface area (Å²) in [5.74, 6) is 0.662.